The van der Waals surface area contributed by atoms with Crippen molar-refractivity contribution in [1.29, 1.82) is 0 Å². The van der Waals surface area contributed by atoms with Crippen LogP contribution in [0, 0.1) is 13.8 Å². The van der Waals surface area contributed by atoms with E-state index in [1.165, 1.54) is 22.9 Å². The summed E-state index contributed by atoms with van der Waals surface area (Å²) in [6.45, 7) is 6.98. The van der Waals surface area contributed by atoms with Gasteiger partial charge in [0.05, 0.1) is 17.3 Å². The van der Waals surface area contributed by atoms with Crippen molar-refractivity contribution < 1.29 is 13.2 Å². The number of nitrogens with zero attached hydrogens (tertiary/aromatic N) is 4. The lowest BCUT2D eigenvalue weighted by atomic mass is 10.1. The summed E-state index contributed by atoms with van der Waals surface area (Å²) in [4.78, 5) is 21.3. The van der Waals surface area contributed by atoms with Crippen LogP contribution in [0.2, 0.25) is 0 Å². The zero-order valence-electron chi connectivity index (χ0n) is 17.5. The maximum atomic E-state index is 12.7. The molecule has 1 aromatic carbocycles. The second-order valence-electron chi connectivity index (χ2n) is 8.11. The predicted octanol–water partition coefficient (Wildman–Crippen LogP) is 1.91. The van der Waals surface area contributed by atoms with Crippen LogP contribution >= 0.6 is 11.8 Å². The number of amides is 1. The molecule has 0 aliphatic carbocycles. The monoisotopic (exact) mass is 448 g/mol. The van der Waals surface area contributed by atoms with E-state index in [9.17, 15) is 13.2 Å². The smallest absolute Gasteiger partial charge is 0.233 e. The van der Waals surface area contributed by atoms with E-state index in [0.29, 0.717) is 31.0 Å². The van der Waals surface area contributed by atoms with Crippen LogP contribution in [0.3, 0.4) is 0 Å². The Labute approximate surface area is 182 Å². The lowest BCUT2D eigenvalue weighted by Crippen LogP contribution is -2.52. The zero-order chi connectivity index (χ0) is 21.3. The second-order valence-corrected chi connectivity index (χ2v) is 11.3. The van der Waals surface area contributed by atoms with E-state index in [-0.39, 0.29) is 17.7 Å². The fraction of sp³-hybridized carbons (Fsp3) is 0.524. The molecule has 0 bridgehead atoms. The molecule has 0 N–H and O–H groups in total. The summed E-state index contributed by atoms with van der Waals surface area (Å²) in [6.07, 6.45) is 4.40. The number of aromatic nitrogens is 2. The van der Waals surface area contributed by atoms with E-state index in [1.807, 2.05) is 15.7 Å². The molecule has 0 spiro atoms. The average molecular weight is 449 g/mol. The number of piperazine rings is 1. The van der Waals surface area contributed by atoms with Crippen LogP contribution in [0.4, 0.5) is 0 Å². The van der Waals surface area contributed by atoms with E-state index < -0.39 is 9.84 Å². The first-order valence-electron chi connectivity index (χ1n) is 10.3. The van der Waals surface area contributed by atoms with Crippen LogP contribution in [0.25, 0.3) is 5.69 Å². The first-order valence-corrected chi connectivity index (χ1v) is 13.1. The maximum absolute atomic E-state index is 12.7. The van der Waals surface area contributed by atoms with Crippen LogP contribution in [0.1, 0.15) is 17.5 Å². The van der Waals surface area contributed by atoms with E-state index in [4.69, 9.17) is 0 Å². The van der Waals surface area contributed by atoms with Crippen LogP contribution in [-0.2, 0) is 14.6 Å². The zero-order valence-corrected chi connectivity index (χ0v) is 19.1. The molecule has 1 amide bonds. The molecule has 2 aliphatic rings. The van der Waals surface area contributed by atoms with Gasteiger partial charge in [0.2, 0.25) is 5.91 Å². The van der Waals surface area contributed by atoms with Gasteiger partial charge >= 0.3 is 0 Å². The van der Waals surface area contributed by atoms with Crippen LogP contribution in [0.5, 0.6) is 0 Å². The van der Waals surface area contributed by atoms with Gasteiger partial charge < -0.3 is 4.90 Å². The van der Waals surface area contributed by atoms with Gasteiger partial charge in [0.25, 0.3) is 0 Å². The Morgan fingerprint density at radius 2 is 1.93 bits per heavy atom. The van der Waals surface area contributed by atoms with E-state index in [0.717, 1.165) is 23.9 Å². The highest BCUT2D eigenvalue weighted by molar-refractivity contribution is 7.99. The number of benzene rings is 1. The summed E-state index contributed by atoms with van der Waals surface area (Å²) < 4.78 is 25.5. The third kappa shape index (κ3) is 4.73. The normalized spacial score (nSPS) is 21.8. The van der Waals surface area contributed by atoms with Gasteiger partial charge in [-0.15, -0.1) is 0 Å². The summed E-state index contributed by atoms with van der Waals surface area (Å²) >= 11 is 1.45. The number of carbonyl (C=O) groups excluding carboxylic acids is 1. The van der Waals surface area contributed by atoms with Crippen molar-refractivity contribution in [1.82, 2.24) is 19.4 Å². The second kappa shape index (κ2) is 8.72. The number of hydrogen-bond donors (Lipinski definition) is 0. The molecular formula is C21H28N4O3S2. The van der Waals surface area contributed by atoms with Gasteiger partial charge in [-0.2, -0.15) is 0 Å². The molecule has 2 aromatic rings. The first kappa shape index (κ1) is 21.4. The molecule has 0 unspecified atom stereocenters. The molecule has 30 heavy (non-hydrogen) atoms. The van der Waals surface area contributed by atoms with Crippen molar-refractivity contribution in [3.8, 4) is 5.69 Å². The number of imidazole rings is 1. The Bertz CT molecular complexity index is 1030. The molecule has 162 valence electrons. The van der Waals surface area contributed by atoms with Crippen LogP contribution in [-0.4, -0.2) is 83.2 Å². The van der Waals surface area contributed by atoms with Crippen molar-refractivity contribution in [3.05, 3.63) is 41.7 Å². The first-order chi connectivity index (χ1) is 14.3. The topological polar surface area (TPSA) is 75.5 Å². The minimum absolute atomic E-state index is 0.105. The Hall–Kier alpha value is -1.84. The SMILES string of the molecule is Cc1ccc(-n2ccnc2SCC(=O)N2CCN([C@H]3CCS(=O)(=O)C3)CC2)cc1C. The molecule has 2 saturated heterocycles. The number of carbonyl (C=O) groups is 1. The van der Waals surface area contributed by atoms with Gasteiger partial charge in [-0.25, -0.2) is 13.4 Å². The largest absolute Gasteiger partial charge is 0.339 e. The Morgan fingerprint density at radius 3 is 2.60 bits per heavy atom. The third-order valence-corrected chi connectivity index (χ3v) is 8.79. The van der Waals surface area contributed by atoms with Crippen molar-refractivity contribution in [2.45, 2.75) is 31.5 Å². The highest BCUT2D eigenvalue weighted by Gasteiger charge is 2.34. The quantitative estimate of drug-likeness (QED) is 0.651. The minimum atomic E-state index is -2.88. The molecule has 9 heteroatoms. The molecule has 3 heterocycles. The van der Waals surface area contributed by atoms with Gasteiger partial charge in [-0.3, -0.25) is 14.3 Å². The van der Waals surface area contributed by atoms with Gasteiger partial charge in [-0.05, 0) is 43.5 Å². The highest BCUT2D eigenvalue weighted by atomic mass is 32.2. The van der Waals surface area contributed by atoms with Crippen LogP contribution < -0.4 is 0 Å². The molecule has 2 aliphatic heterocycles. The molecule has 0 radical (unpaired) electrons. The molecule has 2 fully saturated rings. The molecule has 4 rings (SSSR count). The summed E-state index contributed by atoms with van der Waals surface area (Å²) in [6, 6.07) is 6.41. The lowest BCUT2D eigenvalue weighted by molar-refractivity contribution is -0.130. The fourth-order valence-electron chi connectivity index (χ4n) is 4.09. The molecule has 7 nitrogen and oxygen atoms in total. The van der Waals surface area contributed by atoms with Crippen molar-refractivity contribution >= 4 is 27.5 Å². The third-order valence-electron chi connectivity index (χ3n) is 6.09. The number of thioether (sulfide) groups is 1. The summed E-state index contributed by atoms with van der Waals surface area (Å²) in [5, 5.41) is 0.807. The average Bonchev–Trinajstić information content (AvgIpc) is 3.34. The fourth-order valence-corrected chi connectivity index (χ4v) is 6.72. The molecule has 1 atom stereocenters. The minimum Gasteiger partial charge on any atom is -0.339 e. The molecule has 1 aromatic heterocycles. The number of rotatable bonds is 5. The number of sulfone groups is 1. The Kier molecular flexibility index (Phi) is 6.22. The maximum Gasteiger partial charge on any atom is 0.233 e. The van der Waals surface area contributed by atoms with E-state index in [2.05, 4.69) is 41.9 Å². The van der Waals surface area contributed by atoms with Crippen LogP contribution in [0.15, 0.2) is 35.7 Å². The van der Waals surface area contributed by atoms with Crippen molar-refractivity contribution in [2.75, 3.05) is 43.4 Å². The lowest BCUT2D eigenvalue weighted by Gasteiger charge is -2.37. The predicted molar refractivity (Wildman–Crippen MR) is 119 cm³/mol. The van der Waals surface area contributed by atoms with E-state index in [1.54, 1.807) is 6.20 Å². The number of hydrogen-bond acceptors (Lipinski definition) is 6. The van der Waals surface area contributed by atoms with Crippen molar-refractivity contribution in [2.24, 2.45) is 0 Å². The summed E-state index contributed by atoms with van der Waals surface area (Å²) in [5.74, 6) is 1.01. The summed E-state index contributed by atoms with van der Waals surface area (Å²) in [5.41, 5.74) is 3.52. The summed E-state index contributed by atoms with van der Waals surface area (Å²) in [7, 11) is -2.88. The van der Waals surface area contributed by atoms with E-state index >= 15 is 0 Å². The Morgan fingerprint density at radius 1 is 1.17 bits per heavy atom. The van der Waals surface area contributed by atoms with Gasteiger partial charge in [0, 0.05) is 50.3 Å². The number of aryl methyl sites for hydroxylation is 2. The molecular weight excluding hydrogens is 420 g/mol. The van der Waals surface area contributed by atoms with Crippen molar-refractivity contribution in [3.63, 3.8) is 0 Å². The van der Waals surface area contributed by atoms with Gasteiger partial charge in [0.15, 0.2) is 15.0 Å². The van der Waals surface area contributed by atoms with Gasteiger partial charge in [-0.1, -0.05) is 17.8 Å². The van der Waals surface area contributed by atoms with Gasteiger partial charge in [0.1, 0.15) is 0 Å². The molecule has 0 saturated carbocycles. The highest BCUT2D eigenvalue weighted by Crippen LogP contribution is 2.23. The standard InChI is InChI=1S/C21H28N4O3S2/c1-16-3-4-18(13-17(16)2)25-7-6-22-21(25)29-14-20(26)24-10-8-23(9-11-24)19-5-12-30(27,28)15-19/h3-4,6-7,13,19H,5,8-12,14-15H2,1-2H3/t19-/m0/s1. The Balaban J connectivity index is 1.31.